The van der Waals surface area contributed by atoms with Crippen LogP contribution in [0.2, 0.25) is 0 Å². The molecule has 1 N–H and O–H groups in total. The van der Waals surface area contributed by atoms with Gasteiger partial charge in [0.2, 0.25) is 0 Å². The van der Waals surface area contributed by atoms with E-state index >= 15 is 0 Å². The zero-order valence-electron chi connectivity index (χ0n) is 15.5. The van der Waals surface area contributed by atoms with E-state index in [-0.39, 0.29) is 0 Å². The third-order valence-corrected chi connectivity index (χ3v) is 5.04. The lowest BCUT2D eigenvalue weighted by Gasteiger charge is -2.38. The van der Waals surface area contributed by atoms with Crippen LogP contribution in [0.1, 0.15) is 31.7 Å². The number of anilines is 2. The lowest BCUT2D eigenvalue weighted by molar-refractivity contribution is 0.203. The van der Waals surface area contributed by atoms with Crippen LogP contribution < -0.4 is 10.2 Å². The van der Waals surface area contributed by atoms with Gasteiger partial charge in [-0.2, -0.15) is 0 Å². The first-order chi connectivity index (χ1) is 12.3. The fraction of sp³-hybridized carbons (Fsp3) is 0.476. The number of aromatic nitrogens is 1. The van der Waals surface area contributed by atoms with Crippen molar-refractivity contribution in [3.05, 3.63) is 54.2 Å². The summed E-state index contributed by atoms with van der Waals surface area (Å²) in [6.45, 7) is 6.53. The standard InChI is InChI=1S/C21H30N4/c1-3-13-22-20-10-7-14-23-21(20)24(2)19-11-15-25(16-12-19)17-18-8-5-4-6-9-18/h4-10,14,19,22H,3,11-13,15-17H2,1-2H3. The molecule has 1 aliphatic rings. The van der Waals surface area contributed by atoms with E-state index in [2.05, 4.69) is 70.5 Å². The summed E-state index contributed by atoms with van der Waals surface area (Å²) in [7, 11) is 2.19. The van der Waals surface area contributed by atoms with Gasteiger partial charge in [-0.25, -0.2) is 4.98 Å². The molecule has 2 heterocycles. The van der Waals surface area contributed by atoms with E-state index < -0.39 is 0 Å². The second-order valence-corrected chi connectivity index (χ2v) is 6.91. The van der Waals surface area contributed by atoms with E-state index in [0.29, 0.717) is 6.04 Å². The van der Waals surface area contributed by atoms with Gasteiger partial charge < -0.3 is 10.2 Å². The molecule has 3 rings (SSSR count). The van der Waals surface area contributed by atoms with Crippen LogP contribution >= 0.6 is 0 Å². The van der Waals surface area contributed by atoms with Gasteiger partial charge in [0.1, 0.15) is 0 Å². The molecule has 0 bridgehead atoms. The van der Waals surface area contributed by atoms with Crippen LogP contribution in [0, 0.1) is 0 Å². The molecular formula is C21H30N4. The lowest BCUT2D eigenvalue weighted by atomic mass is 10.0. The molecule has 25 heavy (non-hydrogen) atoms. The van der Waals surface area contributed by atoms with Crippen molar-refractivity contribution >= 4 is 11.5 Å². The number of nitrogens with one attached hydrogen (secondary N) is 1. The van der Waals surface area contributed by atoms with Crippen LogP contribution in [0.25, 0.3) is 0 Å². The Bertz CT molecular complexity index is 635. The summed E-state index contributed by atoms with van der Waals surface area (Å²) < 4.78 is 0. The Labute approximate surface area is 151 Å². The van der Waals surface area contributed by atoms with Crippen molar-refractivity contribution in [1.29, 1.82) is 0 Å². The van der Waals surface area contributed by atoms with Gasteiger partial charge in [0.15, 0.2) is 5.82 Å². The van der Waals surface area contributed by atoms with Gasteiger partial charge in [0.05, 0.1) is 5.69 Å². The van der Waals surface area contributed by atoms with Crippen molar-refractivity contribution in [2.75, 3.05) is 36.9 Å². The first-order valence-corrected chi connectivity index (χ1v) is 9.46. The zero-order chi connectivity index (χ0) is 17.5. The maximum absolute atomic E-state index is 4.64. The number of hydrogen-bond donors (Lipinski definition) is 1. The van der Waals surface area contributed by atoms with E-state index in [9.17, 15) is 0 Å². The van der Waals surface area contributed by atoms with Gasteiger partial charge in [0.25, 0.3) is 0 Å². The molecule has 0 amide bonds. The Morgan fingerprint density at radius 2 is 1.88 bits per heavy atom. The predicted octanol–water partition coefficient (Wildman–Crippen LogP) is 4.00. The van der Waals surface area contributed by atoms with Gasteiger partial charge in [-0.15, -0.1) is 0 Å². The fourth-order valence-corrected chi connectivity index (χ4v) is 3.55. The molecule has 1 aliphatic heterocycles. The van der Waals surface area contributed by atoms with Gasteiger partial charge in [-0.1, -0.05) is 37.3 Å². The highest BCUT2D eigenvalue weighted by Crippen LogP contribution is 2.27. The highest BCUT2D eigenvalue weighted by Gasteiger charge is 2.24. The molecule has 4 nitrogen and oxygen atoms in total. The van der Waals surface area contributed by atoms with Crippen molar-refractivity contribution in [2.24, 2.45) is 0 Å². The topological polar surface area (TPSA) is 31.4 Å². The summed E-state index contributed by atoms with van der Waals surface area (Å²) >= 11 is 0. The molecule has 0 saturated carbocycles. The normalized spacial score (nSPS) is 15.9. The smallest absolute Gasteiger partial charge is 0.151 e. The van der Waals surface area contributed by atoms with Gasteiger partial charge in [-0.3, -0.25) is 4.90 Å². The van der Waals surface area contributed by atoms with E-state index in [4.69, 9.17) is 0 Å². The number of piperidine rings is 1. The maximum Gasteiger partial charge on any atom is 0.151 e. The van der Waals surface area contributed by atoms with Crippen LogP contribution in [0.3, 0.4) is 0 Å². The van der Waals surface area contributed by atoms with Crippen LogP contribution in [-0.2, 0) is 6.54 Å². The zero-order valence-corrected chi connectivity index (χ0v) is 15.5. The average Bonchev–Trinajstić information content (AvgIpc) is 2.67. The van der Waals surface area contributed by atoms with Crippen molar-refractivity contribution < 1.29 is 0 Å². The Balaban J connectivity index is 1.57. The Morgan fingerprint density at radius 1 is 1.12 bits per heavy atom. The van der Waals surface area contributed by atoms with Crippen LogP contribution in [0.4, 0.5) is 11.5 Å². The minimum atomic E-state index is 0.559. The van der Waals surface area contributed by atoms with E-state index in [1.54, 1.807) is 0 Å². The molecule has 0 spiro atoms. The largest absolute Gasteiger partial charge is 0.382 e. The minimum absolute atomic E-state index is 0.559. The molecule has 0 radical (unpaired) electrons. The summed E-state index contributed by atoms with van der Waals surface area (Å²) in [6, 6.07) is 15.5. The summed E-state index contributed by atoms with van der Waals surface area (Å²) in [5.41, 5.74) is 2.56. The summed E-state index contributed by atoms with van der Waals surface area (Å²) in [5.74, 6) is 1.08. The molecule has 4 heteroatoms. The third-order valence-electron chi connectivity index (χ3n) is 5.04. The van der Waals surface area contributed by atoms with Crippen LogP contribution in [0.5, 0.6) is 0 Å². The van der Waals surface area contributed by atoms with Crippen molar-refractivity contribution in [3.8, 4) is 0 Å². The number of benzene rings is 1. The first kappa shape index (κ1) is 17.7. The SMILES string of the molecule is CCCNc1cccnc1N(C)C1CCN(Cc2ccccc2)CC1. The van der Waals surface area contributed by atoms with E-state index in [1.807, 2.05) is 12.3 Å². The second-order valence-electron chi connectivity index (χ2n) is 6.91. The quantitative estimate of drug-likeness (QED) is 0.827. The first-order valence-electron chi connectivity index (χ1n) is 9.46. The lowest BCUT2D eigenvalue weighted by Crippen LogP contribution is -2.43. The summed E-state index contributed by atoms with van der Waals surface area (Å²) in [5, 5.41) is 3.51. The second kappa shape index (κ2) is 8.86. The Morgan fingerprint density at radius 3 is 2.60 bits per heavy atom. The Kier molecular flexibility index (Phi) is 6.29. The molecular weight excluding hydrogens is 308 g/mol. The number of likely N-dealkylation sites (tertiary alicyclic amines) is 1. The molecule has 1 aromatic heterocycles. The molecule has 0 unspecified atom stereocenters. The molecule has 2 aromatic rings. The molecule has 1 saturated heterocycles. The van der Waals surface area contributed by atoms with Crippen molar-refractivity contribution in [1.82, 2.24) is 9.88 Å². The van der Waals surface area contributed by atoms with Crippen molar-refractivity contribution in [3.63, 3.8) is 0 Å². The van der Waals surface area contributed by atoms with Gasteiger partial charge in [0, 0.05) is 45.5 Å². The molecule has 134 valence electrons. The highest BCUT2D eigenvalue weighted by atomic mass is 15.2. The third kappa shape index (κ3) is 4.73. The number of nitrogens with zero attached hydrogens (tertiary/aromatic N) is 3. The van der Waals surface area contributed by atoms with Gasteiger partial charge in [-0.05, 0) is 37.0 Å². The number of pyridine rings is 1. The minimum Gasteiger partial charge on any atom is -0.382 e. The van der Waals surface area contributed by atoms with E-state index in [1.165, 1.54) is 18.4 Å². The van der Waals surface area contributed by atoms with Crippen molar-refractivity contribution in [2.45, 2.75) is 38.8 Å². The maximum atomic E-state index is 4.64. The predicted molar refractivity (Wildman–Crippen MR) is 106 cm³/mol. The molecule has 1 fully saturated rings. The summed E-state index contributed by atoms with van der Waals surface area (Å²) in [6.07, 6.45) is 5.39. The van der Waals surface area contributed by atoms with Gasteiger partial charge >= 0.3 is 0 Å². The molecule has 0 atom stereocenters. The Hall–Kier alpha value is -2.07. The number of hydrogen-bond acceptors (Lipinski definition) is 4. The summed E-state index contributed by atoms with van der Waals surface area (Å²) in [4.78, 5) is 9.58. The fourth-order valence-electron chi connectivity index (χ4n) is 3.55. The highest BCUT2D eigenvalue weighted by molar-refractivity contribution is 5.65. The van der Waals surface area contributed by atoms with Crippen LogP contribution in [-0.4, -0.2) is 42.6 Å². The molecule has 0 aliphatic carbocycles. The van der Waals surface area contributed by atoms with Crippen LogP contribution in [0.15, 0.2) is 48.7 Å². The van der Waals surface area contributed by atoms with E-state index in [0.717, 1.165) is 44.1 Å². The number of rotatable bonds is 7. The monoisotopic (exact) mass is 338 g/mol. The molecule has 1 aromatic carbocycles. The average molecular weight is 338 g/mol.